The second kappa shape index (κ2) is 8.15. The average molecular weight is 333 g/mol. The number of carbonyl (C=O) groups is 2. The molecule has 6 nitrogen and oxygen atoms in total. The summed E-state index contributed by atoms with van der Waals surface area (Å²) in [6.07, 6.45) is 0.593. The van der Waals surface area contributed by atoms with Gasteiger partial charge in [-0.05, 0) is 37.5 Å². The number of aliphatic hydroxyl groups is 1. The number of hydrogen-bond donors (Lipinski definition) is 2. The molecule has 1 aliphatic rings. The van der Waals surface area contributed by atoms with Crippen LogP contribution in [0, 0.1) is 13.8 Å². The fourth-order valence-corrected chi connectivity index (χ4v) is 2.90. The van der Waals surface area contributed by atoms with Gasteiger partial charge >= 0.3 is 11.8 Å². The summed E-state index contributed by atoms with van der Waals surface area (Å²) < 4.78 is 0. The molecule has 0 aromatic heterocycles. The summed E-state index contributed by atoms with van der Waals surface area (Å²) in [5.74, 6) is -1.14. The van der Waals surface area contributed by atoms with E-state index >= 15 is 0 Å². The Labute approximate surface area is 143 Å². The van der Waals surface area contributed by atoms with E-state index < -0.39 is 11.8 Å². The van der Waals surface area contributed by atoms with Crippen molar-refractivity contribution in [2.24, 2.45) is 0 Å². The van der Waals surface area contributed by atoms with Gasteiger partial charge < -0.3 is 20.2 Å². The molecule has 1 fully saturated rings. The molecule has 0 spiro atoms. The predicted molar refractivity (Wildman–Crippen MR) is 94.0 cm³/mol. The Morgan fingerprint density at radius 3 is 2.46 bits per heavy atom. The number of amides is 2. The van der Waals surface area contributed by atoms with Gasteiger partial charge in [-0.1, -0.05) is 19.1 Å². The molecule has 132 valence electrons. The first kappa shape index (κ1) is 18.3. The largest absolute Gasteiger partial charge is 0.394 e. The van der Waals surface area contributed by atoms with Crippen LogP contribution in [0.1, 0.15) is 24.5 Å². The number of rotatable bonds is 4. The third kappa shape index (κ3) is 4.06. The maximum Gasteiger partial charge on any atom is 0.312 e. The molecule has 2 amide bonds. The van der Waals surface area contributed by atoms with Crippen molar-refractivity contribution in [3.8, 4) is 0 Å². The van der Waals surface area contributed by atoms with Crippen LogP contribution in [0.3, 0.4) is 0 Å². The number of anilines is 1. The zero-order valence-electron chi connectivity index (χ0n) is 14.7. The molecule has 1 heterocycles. The van der Waals surface area contributed by atoms with Gasteiger partial charge in [-0.25, -0.2) is 0 Å². The first-order chi connectivity index (χ1) is 11.5. The zero-order chi connectivity index (χ0) is 17.7. The lowest BCUT2D eigenvalue weighted by Crippen LogP contribution is -2.54. The highest BCUT2D eigenvalue weighted by Crippen LogP contribution is 2.23. The minimum Gasteiger partial charge on any atom is -0.394 e. The highest BCUT2D eigenvalue weighted by molar-refractivity contribution is 6.35. The van der Waals surface area contributed by atoms with Crippen LogP contribution in [0.5, 0.6) is 0 Å². The molecule has 1 saturated heterocycles. The SMILES string of the molecule is CCC(CO)NC(=O)C(=O)N1CCN(c2cccc(C)c2C)CC1. The summed E-state index contributed by atoms with van der Waals surface area (Å²) in [5.41, 5.74) is 3.70. The van der Waals surface area contributed by atoms with Gasteiger partial charge in [0.2, 0.25) is 0 Å². The van der Waals surface area contributed by atoms with Crippen LogP contribution in [0.4, 0.5) is 5.69 Å². The van der Waals surface area contributed by atoms with Gasteiger partial charge in [0.05, 0.1) is 12.6 Å². The molecule has 0 radical (unpaired) electrons. The van der Waals surface area contributed by atoms with Crippen LogP contribution in [0.15, 0.2) is 18.2 Å². The van der Waals surface area contributed by atoms with Crippen LogP contribution in [0.25, 0.3) is 0 Å². The third-order valence-electron chi connectivity index (χ3n) is 4.73. The fourth-order valence-electron chi connectivity index (χ4n) is 2.90. The van der Waals surface area contributed by atoms with Crippen molar-refractivity contribution in [2.75, 3.05) is 37.7 Å². The van der Waals surface area contributed by atoms with E-state index in [0.717, 1.165) is 0 Å². The fraction of sp³-hybridized carbons (Fsp3) is 0.556. The van der Waals surface area contributed by atoms with Gasteiger partial charge in [0, 0.05) is 31.9 Å². The van der Waals surface area contributed by atoms with E-state index in [0.29, 0.717) is 32.6 Å². The van der Waals surface area contributed by atoms with E-state index in [2.05, 4.69) is 36.2 Å². The monoisotopic (exact) mass is 333 g/mol. The summed E-state index contributed by atoms with van der Waals surface area (Å²) in [7, 11) is 0. The normalized spacial score (nSPS) is 16.0. The molecule has 1 atom stereocenters. The summed E-state index contributed by atoms with van der Waals surface area (Å²) >= 11 is 0. The molecule has 2 rings (SSSR count). The van der Waals surface area contributed by atoms with Crippen molar-refractivity contribution in [2.45, 2.75) is 33.2 Å². The first-order valence-corrected chi connectivity index (χ1v) is 8.49. The van der Waals surface area contributed by atoms with Crippen LogP contribution < -0.4 is 10.2 Å². The van der Waals surface area contributed by atoms with Gasteiger partial charge in [0.1, 0.15) is 0 Å². The minimum atomic E-state index is -0.629. The highest BCUT2D eigenvalue weighted by Gasteiger charge is 2.27. The van der Waals surface area contributed by atoms with Crippen LogP contribution in [-0.2, 0) is 9.59 Å². The Bertz CT molecular complexity index is 591. The number of aliphatic hydroxyl groups excluding tert-OH is 1. The maximum atomic E-state index is 12.2. The first-order valence-electron chi connectivity index (χ1n) is 8.49. The number of aryl methyl sites for hydroxylation is 1. The zero-order valence-corrected chi connectivity index (χ0v) is 14.7. The summed E-state index contributed by atoms with van der Waals surface area (Å²) in [6, 6.07) is 5.87. The second-order valence-electron chi connectivity index (χ2n) is 6.26. The molecular formula is C18H27N3O3. The number of benzene rings is 1. The van der Waals surface area contributed by atoms with Crippen molar-refractivity contribution < 1.29 is 14.7 Å². The summed E-state index contributed by atoms with van der Waals surface area (Å²) in [4.78, 5) is 28.1. The van der Waals surface area contributed by atoms with E-state index in [-0.39, 0.29) is 12.6 Å². The lowest BCUT2D eigenvalue weighted by atomic mass is 10.1. The van der Waals surface area contributed by atoms with Crippen LogP contribution in [-0.4, -0.2) is 60.6 Å². The van der Waals surface area contributed by atoms with E-state index in [1.807, 2.05) is 13.0 Å². The Hall–Kier alpha value is -2.08. The number of piperazine rings is 1. The molecule has 6 heteroatoms. The van der Waals surface area contributed by atoms with Crippen molar-refractivity contribution in [1.29, 1.82) is 0 Å². The highest BCUT2D eigenvalue weighted by atomic mass is 16.3. The average Bonchev–Trinajstić information content (AvgIpc) is 2.61. The molecule has 24 heavy (non-hydrogen) atoms. The van der Waals surface area contributed by atoms with Crippen molar-refractivity contribution in [3.05, 3.63) is 29.3 Å². The quantitative estimate of drug-likeness (QED) is 0.801. The number of nitrogens with zero attached hydrogens (tertiary/aromatic N) is 2. The molecule has 0 aliphatic carbocycles. The lowest BCUT2D eigenvalue weighted by molar-refractivity contribution is -0.146. The summed E-state index contributed by atoms with van der Waals surface area (Å²) in [5, 5.41) is 11.7. The van der Waals surface area contributed by atoms with Crippen LogP contribution in [0.2, 0.25) is 0 Å². The van der Waals surface area contributed by atoms with Crippen molar-refractivity contribution in [1.82, 2.24) is 10.2 Å². The van der Waals surface area contributed by atoms with Crippen LogP contribution >= 0.6 is 0 Å². The van der Waals surface area contributed by atoms with Gasteiger partial charge in [-0.3, -0.25) is 9.59 Å². The minimum absolute atomic E-state index is 0.157. The molecule has 1 aliphatic heterocycles. The number of nitrogens with one attached hydrogen (secondary N) is 1. The molecule has 1 aromatic rings. The molecule has 2 N–H and O–H groups in total. The lowest BCUT2D eigenvalue weighted by Gasteiger charge is -2.36. The van der Waals surface area contributed by atoms with Gasteiger partial charge in [-0.2, -0.15) is 0 Å². The van der Waals surface area contributed by atoms with Gasteiger partial charge in [0.25, 0.3) is 0 Å². The second-order valence-corrected chi connectivity index (χ2v) is 6.26. The Morgan fingerprint density at radius 1 is 1.21 bits per heavy atom. The molecular weight excluding hydrogens is 306 g/mol. The van der Waals surface area contributed by atoms with Gasteiger partial charge in [0.15, 0.2) is 0 Å². The van der Waals surface area contributed by atoms with Crippen molar-refractivity contribution in [3.63, 3.8) is 0 Å². The Kier molecular flexibility index (Phi) is 6.20. The standard InChI is InChI=1S/C18H27N3O3/c1-4-15(12-22)19-17(23)18(24)21-10-8-20(9-11-21)16-7-5-6-13(2)14(16)3/h5-7,15,22H,4,8-12H2,1-3H3,(H,19,23). The molecule has 0 saturated carbocycles. The predicted octanol–water partition coefficient (Wildman–Crippen LogP) is 0.839. The molecule has 0 bridgehead atoms. The summed E-state index contributed by atoms with van der Waals surface area (Å²) in [6.45, 7) is 8.36. The Balaban J connectivity index is 1.93. The third-order valence-corrected chi connectivity index (χ3v) is 4.73. The number of carbonyl (C=O) groups excluding carboxylic acids is 2. The Morgan fingerprint density at radius 2 is 1.88 bits per heavy atom. The van der Waals surface area contributed by atoms with E-state index in [1.165, 1.54) is 16.8 Å². The van der Waals surface area contributed by atoms with Gasteiger partial charge in [-0.15, -0.1) is 0 Å². The smallest absolute Gasteiger partial charge is 0.312 e. The van der Waals surface area contributed by atoms with E-state index in [1.54, 1.807) is 4.90 Å². The number of hydrogen-bond acceptors (Lipinski definition) is 4. The maximum absolute atomic E-state index is 12.2. The van der Waals surface area contributed by atoms with E-state index in [9.17, 15) is 9.59 Å². The van der Waals surface area contributed by atoms with Crippen molar-refractivity contribution >= 4 is 17.5 Å². The molecule has 1 aromatic carbocycles. The molecule has 1 unspecified atom stereocenters. The topological polar surface area (TPSA) is 72.9 Å². The van der Waals surface area contributed by atoms with E-state index in [4.69, 9.17) is 5.11 Å².